The molecular weight excluding hydrogens is 363 g/mol. The summed E-state index contributed by atoms with van der Waals surface area (Å²) in [5.41, 5.74) is 1.81. The lowest BCUT2D eigenvalue weighted by Gasteiger charge is -2.27. The molecule has 6 heteroatoms. The second kappa shape index (κ2) is 8.86. The molecule has 1 aliphatic rings. The molecule has 0 bridgehead atoms. The number of aliphatic imine (C=N–C) groups is 1. The summed E-state index contributed by atoms with van der Waals surface area (Å²) in [7, 11) is 1.36. The third kappa shape index (κ3) is 4.39. The smallest absolute Gasteiger partial charge is 0.333 e. The molecule has 3 rings (SSSR count). The van der Waals surface area contributed by atoms with Crippen LogP contribution in [0.3, 0.4) is 0 Å². The maximum Gasteiger partial charge on any atom is 0.333 e. The van der Waals surface area contributed by atoms with Crippen LogP contribution in [0.15, 0.2) is 65.7 Å². The van der Waals surface area contributed by atoms with Crippen molar-refractivity contribution >= 4 is 34.7 Å². The lowest BCUT2D eigenvalue weighted by molar-refractivity contribution is -0.142. The molecule has 27 heavy (non-hydrogen) atoms. The molecule has 0 saturated heterocycles. The third-order valence-corrected chi connectivity index (χ3v) is 5.03. The fourth-order valence-corrected chi connectivity index (χ4v) is 3.74. The van der Waals surface area contributed by atoms with Crippen LogP contribution in [0.1, 0.15) is 12.5 Å². The van der Waals surface area contributed by atoms with E-state index in [2.05, 4.69) is 4.99 Å². The largest absolute Gasteiger partial charge is 0.467 e. The predicted octanol–water partition coefficient (Wildman–Crippen LogP) is 4.38. The van der Waals surface area contributed by atoms with Crippen LogP contribution in [0, 0.1) is 5.82 Å². The first-order chi connectivity index (χ1) is 13.1. The van der Waals surface area contributed by atoms with Crippen LogP contribution in [0.2, 0.25) is 0 Å². The van der Waals surface area contributed by atoms with Gasteiger partial charge in [0.05, 0.1) is 13.2 Å². The first-order valence-corrected chi connectivity index (χ1v) is 9.69. The Morgan fingerprint density at radius 2 is 1.93 bits per heavy atom. The van der Waals surface area contributed by atoms with Crippen LogP contribution in [-0.2, 0) is 9.53 Å². The second-order valence-corrected chi connectivity index (χ2v) is 7.15. The van der Waals surface area contributed by atoms with Gasteiger partial charge in [-0.25, -0.2) is 14.2 Å². The second-order valence-electron chi connectivity index (χ2n) is 5.92. The van der Waals surface area contributed by atoms with Gasteiger partial charge < -0.3 is 9.64 Å². The van der Waals surface area contributed by atoms with Crippen molar-refractivity contribution in [2.75, 3.05) is 17.8 Å². The molecule has 0 aromatic heterocycles. The van der Waals surface area contributed by atoms with E-state index in [-0.39, 0.29) is 11.9 Å². The standard InChI is InChI=1S/C21H21FN2O2S/c1-3-27-21-23-19(20(25)26-2)18(14-9-15-7-5-4-6-8-15)24(21)17-12-10-16(22)11-13-17/h4-14,18-19H,3H2,1-2H3/b14-9+. The highest BCUT2D eigenvalue weighted by Gasteiger charge is 2.40. The maximum absolute atomic E-state index is 13.4. The molecule has 2 aromatic rings. The Kier molecular flexibility index (Phi) is 6.29. The molecule has 0 saturated carbocycles. The van der Waals surface area contributed by atoms with Crippen molar-refractivity contribution in [3.63, 3.8) is 0 Å². The summed E-state index contributed by atoms with van der Waals surface area (Å²) in [4.78, 5) is 18.9. The number of carbonyl (C=O) groups is 1. The Balaban J connectivity index is 2.00. The van der Waals surface area contributed by atoms with Crippen molar-refractivity contribution in [3.05, 3.63) is 72.1 Å². The topological polar surface area (TPSA) is 41.9 Å². The summed E-state index contributed by atoms with van der Waals surface area (Å²) >= 11 is 1.54. The number of hydrogen-bond acceptors (Lipinski definition) is 5. The molecule has 0 N–H and O–H groups in total. The Hall–Kier alpha value is -2.60. The van der Waals surface area contributed by atoms with E-state index in [1.165, 1.54) is 19.2 Å². The van der Waals surface area contributed by atoms with E-state index in [4.69, 9.17) is 4.74 Å². The molecule has 4 nitrogen and oxygen atoms in total. The normalized spacial score (nSPS) is 19.4. The zero-order chi connectivity index (χ0) is 19.2. The number of anilines is 1. The number of benzene rings is 2. The first kappa shape index (κ1) is 19.2. The molecule has 0 spiro atoms. The Morgan fingerprint density at radius 1 is 1.22 bits per heavy atom. The van der Waals surface area contributed by atoms with Gasteiger partial charge in [0.25, 0.3) is 0 Å². The lowest BCUT2D eigenvalue weighted by Crippen LogP contribution is -2.41. The van der Waals surface area contributed by atoms with Crippen LogP contribution in [-0.4, -0.2) is 36.1 Å². The van der Waals surface area contributed by atoms with Gasteiger partial charge in [-0.15, -0.1) is 0 Å². The minimum atomic E-state index is -0.672. The number of amidine groups is 1. The van der Waals surface area contributed by atoms with E-state index < -0.39 is 12.0 Å². The highest BCUT2D eigenvalue weighted by atomic mass is 32.2. The summed E-state index contributed by atoms with van der Waals surface area (Å²) in [5.74, 6) is 0.108. The molecule has 2 unspecified atom stereocenters. The molecule has 0 fully saturated rings. The molecular formula is C21H21FN2O2S. The molecule has 1 heterocycles. The monoisotopic (exact) mass is 384 g/mol. The van der Waals surface area contributed by atoms with Gasteiger partial charge in [0.2, 0.25) is 0 Å². The number of esters is 1. The van der Waals surface area contributed by atoms with Crippen LogP contribution in [0.5, 0.6) is 0 Å². The fourth-order valence-electron chi connectivity index (χ4n) is 2.92. The van der Waals surface area contributed by atoms with Gasteiger partial charge >= 0.3 is 5.97 Å². The SMILES string of the molecule is CCSC1=NC(C(=O)OC)C(/C=C/c2ccccc2)N1c1ccc(F)cc1. The van der Waals surface area contributed by atoms with Gasteiger partial charge in [0, 0.05) is 5.69 Å². The average Bonchev–Trinajstić information content (AvgIpc) is 3.05. The maximum atomic E-state index is 13.4. The molecule has 0 aliphatic carbocycles. The van der Waals surface area contributed by atoms with Gasteiger partial charge in [-0.3, -0.25) is 0 Å². The Labute approximate surface area is 162 Å². The summed E-state index contributed by atoms with van der Waals surface area (Å²) in [6, 6.07) is 15.0. The fraction of sp³-hybridized carbons (Fsp3) is 0.238. The summed E-state index contributed by atoms with van der Waals surface area (Å²) in [5, 5.41) is 0.724. The number of hydrogen-bond donors (Lipinski definition) is 0. The predicted molar refractivity (Wildman–Crippen MR) is 110 cm³/mol. The molecule has 140 valence electrons. The van der Waals surface area contributed by atoms with Gasteiger partial charge in [0.15, 0.2) is 11.2 Å². The number of ether oxygens (including phenoxy) is 1. The third-order valence-electron chi connectivity index (χ3n) is 4.18. The van der Waals surface area contributed by atoms with Gasteiger partial charge in [-0.2, -0.15) is 0 Å². The zero-order valence-electron chi connectivity index (χ0n) is 15.2. The zero-order valence-corrected chi connectivity index (χ0v) is 16.0. The van der Waals surface area contributed by atoms with Crippen molar-refractivity contribution in [3.8, 4) is 0 Å². The van der Waals surface area contributed by atoms with Crippen LogP contribution in [0.25, 0.3) is 6.08 Å². The highest BCUT2D eigenvalue weighted by molar-refractivity contribution is 8.14. The van der Waals surface area contributed by atoms with E-state index in [1.54, 1.807) is 23.9 Å². The summed E-state index contributed by atoms with van der Waals surface area (Å²) in [6.45, 7) is 2.02. The average molecular weight is 384 g/mol. The number of rotatable bonds is 5. The van der Waals surface area contributed by atoms with Crippen molar-refractivity contribution < 1.29 is 13.9 Å². The highest BCUT2D eigenvalue weighted by Crippen LogP contribution is 2.32. The van der Waals surface area contributed by atoms with Gasteiger partial charge in [0.1, 0.15) is 5.82 Å². The molecule has 2 aromatic carbocycles. The molecule has 1 aliphatic heterocycles. The van der Waals surface area contributed by atoms with Crippen molar-refractivity contribution in [1.82, 2.24) is 0 Å². The van der Waals surface area contributed by atoms with Crippen LogP contribution < -0.4 is 4.90 Å². The van der Waals surface area contributed by atoms with Crippen molar-refractivity contribution in [2.24, 2.45) is 4.99 Å². The van der Waals surface area contributed by atoms with Crippen molar-refractivity contribution in [1.29, 1.82) is 0 Å². The first-order valence-electron chi connectivity index (χ1n) is 8.70. The number of nitrogens with zero attached hydrogens (tertiary/aromatic N) is 2. The van der Waals surface area contributed by atoms with Crippen molar-refractivity contribution in [2.45, 2.75) is 19.0 Å². The Morgan fingerprint density at radius 3 is 2.56 bits per heavy atom. The van der Waals surface area contributed by atoms with Gasteiger partial charge in [-0.05, 0) is 35.6 Å². The molecule has 2 atom stereocenters. The van der Waals surface area contributed by atoms with E-state index in [1.807, 2.05) is 54.3 Å². The number of methoxy groups -OCH3 is 1. The number of carbonyl (C=O) groups excluding carboxylic acids is 1. The van der Waals surface area contributed by atoms with Crippen LogP contribution >= 0.6 is 11.8 Å². The quantitative estimate of drug-likeness (QED) is 0.718. The van der Waals surface area contributed by atoms with E-state index in [0.29, 0.717) is 0 Å². The molecule has 0 radical (unpaired) electrons. The summed E-state index contributed by atoms with van der Waals surface area (Å²) in [6.07, 6.45) is 3.92. The summed E-state index contributed by atoms with van der Waals surface area (Å²) < 4.78 is 18.4. The molecule has 0 amide bonds. The number of thioether (sulfide) groups is 1. The van der Waals surface area contributed by atoms with E-state index in [9.17, 15) is 9.18 Å². The minimum Gasteiger partial charge on any atom is -0.467 e. The van der Waals surface area contributed by atoms with Crippen LogP contribution in [0.4, 0.5) is 10.1 Å². The minimum absolute atomic E-state index is 0.305. The van der Waals surface area contributed by atoms with E-state index in [0.717, 1.165) is 22.2 Å². The van der Waals surface area contributed by atoms with Gasteiger partial charge in [-0.1, -0.05) is 61.2 Å². The van der Waals surface area contributed by atoms with E-state index >= 15 is 0 Å². The number of halogens is 1. The Bertz CT molecular complexity index is 837. The lowest BCUT2D eigenvalue weighted by atomic mass is 10.1.